The molecular formula is C16H24F2N2. The van der Waals surface area contributed by atoms with Crippen LogP contribution < -0.4 is 10.2 Å². The summed E-state index contributed by atoms with van der Waals surface area (Å²) in [6.07, 6.45) is 2.87. The highest BCUT2D eigenvalue weighted by molar-refractivity contribution is 5.50. The molecule has 1 aromatic rings. The van der Waals surface area contributed by atoms with E-state index in [2.05, 4.69) is 26.1 Å². The molecule has 1 saturated heterocycles. The average Bonchev–Trinajstić information content (AvgIpc) is 2.49. The van der Waals surface area contributed by atoms with Gasteiger partial charge in [-0.1, -0.05) is 20.8 Å². The van der Waals surface area contributed by atoms with Gasteiger partial charge in [-0.25, -0.2) is 8.78 Å². The van der Waals surface area contributed by atoms with Gasteiger partial charge in [0.1, 0.15) is 11.6 Å². The first-order chi connectivity index (χ1) is 9.55. The molecule has 0 radical (unpaired) electrons. The van der Waals surface area contributed by atoms with Gasteiger partial charge in [0, 0.05) is 30.7 Å². The van der Waals surface area contributed by atoms with Crippen LogP contribution in [0.1, 0.15) is 40.0 Å². The van der Waals surface area contributed by atoms with Gasteiger partial charge in [-0.3, -0.25) is 0 Å². The van der Waals surface area contributed by atoms with E-state index in [9.17, 15) is 8.78 Å². The maximum Gasteiger partial charge on any atom is 0.146 e. The minimum absolute atomic E-state index is 0.00950. The van der Waals surface area contributed by atoms with Gasteiger partial charge < -0.3 is 10.2 Å². The van der Waals surface area contributed by atoms with E-state index in [1.807, 2.05) is 4.90 Å². The van der Waals surface area contributed by atoms with E-state index in [0.29, 0.717) is 5.69 Å². The van der Waals surface area contributed by atoms with Crippen LogP contribution in [-0.2, 0) is 0 Å². The molecule has 0 saturated carbocycles. The second kappa shape index (κ2) is 6.08. The summed E-state index contributed by atoms with van der Waals surface area (Å²) >= 11 is 0. The quantitative estimate of drug-likeness (QED) is 0.905. The molecule has 0 spiro atoms. The third-order valence-corrected chi connectivity index (χ3v) is 4.67. The van der Waals surface area contributed by atoms with Crippen molar-refractivity contribution in [3.05, 3.63) is 29.8 Å². The molecule has 1 atom stereocenters. The fourth-order valence-corrected chi connectivity index (χ4v) is 3.03. The molecule has 0 aromatic heterocycles. The number of halogens is 2. The average molecular weight is 282 g/mol. The lowest BCUT2D eigenvalue weighted by molar-refractivity contribution is 0.245. The maximum absolute atomic E-state index is 14.1. The molecule has 1 fully saturated rings. The van der Waals surface area contributed by atoms with Crippen molar-refractivity contribution < 1.29 is 8.78 Å². The third-order valence-electron chi connectivity index (χ3n) is 4.67. The molecule has 2 rings (SSSR count). The van der Waals surface area contributed by atoms with Crippen molar-refractivity contribution in [1.82, 2.24) is 5.32 Å². The molecule has 0 amide bonds. The standard InChI is InChI=1S/C16H24F2N2/c1-4-13-10-19-16(5-2,6-3)11-20(13)15-9-12(17)7-8-14(15)18/h7-9,13,19H,4-6,10-11H2,1-3H3. The molecule has 0 aliphatic carbocycles. The van der Waals surface area contributed by atoms with Crippen LogP contribution in [0.5, 0.6) is 0 Å². The normalized spacial score (nSPS) is 22.1. The Morgan fingerprint density at radius 2 is 1.95 bits per heavy atom. The zero-order valence-electron chi connectivity index (χ0n) is 12.5. The van der Waals surface area contributed by atoms with Crippen LogP contribution in [0.4, 0.5) is 14.5 Å². The lowest BCUT2D eigenvalue weighted by atomic mass is 9.87. The SMILES string of the molecule is CCC1CNC(CC)(CC)CN1c1cc(F)ccc1F. The molecule has 0 bridgehead atoms. The Labute approximate surface area is 120 Å². The van der Waals surface area contributed by atoms with E-state index in [-0.39, 0.29) is 23.2 Å². The molecular weight excluding hydrogens is 258 g/mol. The van der Waals surface area contributed by atoms with Crippen molar-refractivity contribution in [1.29, 1.82) is 0 Å². The summed E-state index contributed by atoms with van der Waals surface area (Å²) in [5.41, 5.74) is 0.384. The summed E-state index contributed by atoms with van der Waals surface area (Å²) in [6.45, 7) is 7.90. The largest absolute Gasteiger partial charge is 0.363 e. The van der Waals surface area contributed by atoms with Gasteiger partial charge in [-0.15, -0.1) is 0 Å². The highest BCUT2D eigenvalue weighted by Gasteiger charge is 2.37. The van der Waals surface area contributed by atoms with Crippen molar-refractivity contribution >= 4 is 5.69 Å². The van der Waals surface area contributed by atoms with E-state index in [1.54, 1.807) is 0 Å². The zero-order chi connectivity index (χ0) is 14.8. The monoisotopic (exact) mass is 282 g/mol. The summed E-state index contributed by atoms with van der Waals surface area (Å²) in [4.78, 5) is 2.04. The van der Waals surface area contributed by atoms with Crippen LogP contribution in [0.3, 0.4) is 0 Å². The molecule has 4 heteroatoms. The molecule has 1 heterocycles. The number of hydrogen-bond donors (Lipinski definition) is 1. The maximum atomic E-state index is 14.1. The second-order valence-electron chi connectivity index (χ2n) is 5.65. The van der Waals surface area contributed by atoms with Crippen LogP contribution in [0.2, 0.25) is 0 Å². The van der Waals surface area contributed by atoms with E-state index in [1.165, 1.54) is 18.2 Å². The number of rotatable bonds is 4. The molecule has 20 heavy (non-hydrogen) atoms. The second-order valence-corrected chi connectivity index (χ2v) is 5.65. The highest BCUT2D eigenvalue weighted by Crippen LogP contribution is 2.30. The summed E-state index contributed by atoms with van der Waals surface area (Å²) in [5.74, 6) is -0.721. The minimum Gasteiger partial charge on any atom is -0.363 e. The van der Waals surface area contributed by atoms with E-state index in [4.69, 9.17) is 0 Å². The van der Waals surface area contributed by atoms with Gasteiger partial charge >= 0.3 is 0 Å². The topological polar surface area (TPSA) is 15.3 Å². The highest BCUT2D eigenvalue weighted by atomic mass is 19.1. The van der Waals surface area contributed by atoms with Gasteiger partial charge in [0.15, 0.2) is 0 Å². The van der Waals surface area contributed by atoms with Crippen molar-refractivity contribution in [3.63, 3.8) is 0 Å². The number of piperazine rings is 1. The van der Waals surface area contributed by atoms with Crippen LogP contribution >= 0.6 is 0 Å². The van der Waals surface area contributed by atoms with Gasteiger partial charge in [0.25, 0.3) is 0 Å². The first-order valence-electron chi connectivity index (χ1n) is 7.52. The van der Waals surface area contributed by atoms with E-state index < -0.39 is 0 Å². The molecule has 1 aromatic carbocycles. The zero-order valence-corrected chi connectivity index (χ0v) is 12.5. The molecule has 1 N–H and O–H groups in total. The van der Waals surface area contributed by atoms with Crippen molar-refractivity contribution in [2.24, 2.45) is 0 Å². The molecule has 2 nitrogen and oxygen atoms in total. The molecule has 112 valence electrons. The molecule has 1 aliphatic heterocycles. The third kappa shape index (κ3) is 2.80. The Balaban J connectivity index is 2.36. The Morgan fingerprint density at radius 3 is 2.55 bits per heavy atom. The summed E-state index contributed by atoms with van der Waals surface area (Å²) in [6, 6.07) is 3.92. The van der Waals surface area contributed by atoms with Gasteiger partial charge in [-0.2, -0.15) is 0 Å². The van der Waals surface area contributed by atoms with Crippen LogP contribution in [-0.4, -0.2) is 24.7 Å². The Kier molecular flexibility index (Phi) is 4.63. The predicted octanol–water partition coefficient (Wildman–Crippen LogP) is 3.71. The van der Waals surface area contributed by atoms with Crippen LogP contribution in [0.15, 0.2) is 18.2 Å². The predicted molar refractivity (Wildman–Crippen MR) is 79.1 cm³/mol. The fourth-order valence-electron chi connectivity index (χ4n) is 3.03. The Bertz CT molecular complexity index is 458. The van der Waals surface area contributed by atoms with Crippen LogP contribution in [0.25, 0.3) is 0 Å². The number of nitrogens with one attached hydrogen (secondary N) is 1. The summed E-state index contributed by atoms with van der Waals surface area (Å²) in [5, 5.41) is 3.61. The van der Waals surface area contributed by atoms with Crippen LogP contribution in [0, 0.1) is 11.6 Å². The number of nitrogens with zero attached hydrogens (tertiary/aromatic N) is 1. The Hall–Kier alpha value is -1.16. The van der Waals surface area contributed by atoms with E-state index >= 15 is 0 Å². The number of benzene rings is 1. The first kappa shape index (κ1) is 15.2. The summed E-state index contributed by atoms with van der Waals surface area (Å²) in [7, 11) is 0. The number of anilines is 1. The van der Waals surface area contributed by atoms with Crippen molar-refractivity contribution in [3.8, 4) is 0 Å². The van der Waals surface area contributed by atoms with Crippen molar-refractivity contribution in [2.45, 2.75) is 51.6 Å². The number of hydrogen-bond acceptors (Lipinski definition) is 2. The van der Waals surface area contributed by atoms with Crippen molar-refractivity contribution in [2.75, 3.05) is 18.0 Å². The summed E-state index contributed by atoms with van der Waals surface area (Å²) < 4.78 is 27.6. The molecule has 1 unspecified atom stereocenters. The van der Waals surface area contributed by atoms with Gasteiger partial charge in [0.2, 0.25) is 0 Å². The smallest absolute Gasteiger partial charge is 0.146 e. The van der Waals surface area contributed by atoms with Gasteiger partial charge in [-0.05, 0) is 31.4 Å². The fraction of sp³-hybridized carbons (Fsp3) is 0.625. The van der Waals surface area contributed by atoms with E-state index in [0.717, 1.165) is 32.4 Å². The lowest BCUT2D eigenvalue weighted by Gasteiger charge is -2.48. The lowest BCUT2D eigenvalue weighted by Crippen LogP contribution is -2.64. The minimum atomic E-state index is -0.381. The van der Waals surface area contributed by atoms with Gasteiger partial charge in [0.05, 0.1) is 5.69 Å². The Morgan fingerprint density at radius 1 is 1.25 bits per heavy atom. The molecule has 1 aliphatic rings. The first-order valence-corrected chi connectivity index (χ1v) is 7.52.